The standard InChI is InChI=1S/C20H20N2O4/c1-24-15-7-5-13(18(11-15)25-2)9-19(23)21-14-6-8-17-16(10-14)22-20(26-17)12-3-4-12/h5-8,10-12H,3-4,9H2,1-2H3,(H,21,23). The lowest BCUT2D eigenvalue weighted by Gasteiger charge is -2.10. The Morgan fingerprint density at radius 1 is 1.19 bits per heavy atom. The fourth-order valence-corrected chi connectivity index (χ4v) is 2.90. The van der Waals surface area contributed by atoms with Crippen molar-refractivity contribution in [1.29, 1.82) is 0 Å². The molecule has 4 rings (SSSR count). The highest BCUT2D eigenvalue weighted by atomic mass is 16.5. The molecule has 0 atom stereocenters. The van der Waals surface area contributed by atoms with E-state index >= 15 is 0 Å². The molecule has 1 fully saturated rings. The molecule has 134 valence electrons. The smallest absolute Gasteiger partial charge is 0.228 e. The second kappa shape index (κ2) is 6.71. The van der Waals surface area contributed by atoms with Crippen molar-refractivity contribution in [2.24, 2.45) is 0 Å². The van der Waals surface area contributed by atoms with Crippen molar-refractivity contribution < 1.29 is 18.7 Å². The molecule has 26 heavy (non-hydrogen) atoms. The molecule has 3 aromatic rings. The number of fused-ring (bicyclic) bond motifs is 1. The van der Waals surface area contributed by atoms with Crippen LogP contribution in [0, 0.1) is 0 Å². The lowest BCUT2D eigenvalue weighted by Crippen LogP contribution is -2.14. The summed E-state index contributed by atoms with van der Waals surface area (Å²) in [5, 5.41) is 2.91. The van der Waals surface area contributed by atoms with Gasteiger partial charge in [-0.1, -0.05) is 6.07 Å². The molecule has 0 bridgehead atoms. The topological polar surface area (TPSA) is 73.6 Å². The number of anilines is 1. The first-order valence-corrected chi connectivity index (χ1v) is 8.57. The number of methoxy groups -OCH3 is 2. The Hall–Kier alpha value is -3.02. The van der Waals surface area contributed by atoms with Crippen molar-refractivity contribution in [3.8, 4) is 11.5 Å². The molecule has 6 nitrogen and oxygen atoms in total. The fraction of sp³-hybridized carbons (Fsp3) is 0.300. The summed E-state index contributed by atoms with van der Waals surface area (Å²) in [5.74, 6) is 2.45. The predicted octanol–water partition coefficient (Wildman–Crippen LogP) is 3.90. The number of carbonyl (C=O) groups excluding carboxylic acids is 1. The summed E-state index contributed by atoms with van der Waals surface area (Å²) in [5.41, 5.74) is 3.02. The minimum absolute atomic E-state index is 0.126. The minimum atomic E-state index is -0.126. The van der Waals surface area contributed by atoms with Crippen molar-refractivity contribution >= 4 is 22.7 Å². The molecule has 1 heterocycles. The number of rotatable bonds is 6. The second-order valence-electron chi connectivity index (χ2n) is 6.41. The van der Waals surface area contributed by atoms with Crippen LogP contribution in [0.15, 0.2) is 40.8 Å². The van der Waals surface area contributed by atoms with Gasteiger partial charge in [-0.15, -0.1) is 0 Å². The first-order chi connectivity index (χ1) is 12.7. The van der Waals surface area contributed by atoms with Gasteiger partial charge in [0.15, 0.2) is 11.5 Å². The van der Waals surface area contributed by atoms with E-state index in [0.29, 0.717) is 23.1 Å². The number of carbonyl (C=O) groups is 1. The van der Waals surface area contributed by atoms with Crippen LogP contribution >= 0.6 is 0 Å². The molecule has 0 saturated heterocycles. The highest BCUT2D eigenvalue weighted by Gasteiger charge is 2.28. The van der Waals surface area contributed by atoms with Gasteiger partial charge < -0.3 is 19.2 Å². The third-order valence-electron chi connectivity index (χ3n) is 4.46. The summed E-state index contributed by atoms with van der Waals surface area (Å²) >= 11 is 0. The number of nitrogens with one attached hydrogen (secondary N) is 1. The van der Waals surface area contributed by atoms with Crippen molar-refractivity contribution in [1.82, 2.24) is 4.98 Å². The zero-order valence-electron chi connectivity index (χ0n) is 14.7. The lowest BCUT2D eigenvalue weighted by molar-refractivity contribution is -0.115. The van der Waals surface area contributed by atoms with Crippen molar-refractivity contribution in [3.05, 3.63) is 47.9 Å². The highest BCUT2D eigenvalue weighted by molar-refractivity contribution is 5.94. The Labute approximate surface area is 151 Å². The van der Waals surface area contributed by atoms with Crippen molar-refractivity contribution in [2.75, 3.05) is 19.5 Å². The fourth-order valence-electron chi connectivity index (χ4n) is 2.90. The summed E-state index contributed by atoms with van der Waals surface area (Å²) in [7, 11) is 3.17. The van der Waals surface area contributed by atoms with Crippen molar-refractivity contribution in [2.45, 2.75) is 25.2 Å². The van der Waals surface area contributed by atoms with Gasteiger partial charge in [0.1, 0.15) is 17.0 Å². The molecular weight excluding hydrogens is 332 g/mol. The molecule has 0 aliphatic heterocycles. The second-order valence-corrected chi connectivity index (χ2v) is 6.41. The molecule has 1 saturated carbocycles. The maximum atomic E-state index is 12.4. The molecule has 2 aromatic carbocycles. The number of hydrogen-bond acceptors (Lipinski definition) is 5. The van der Waals surface area contributed by atoms with E-state index in [2.05, 4.69) is 10.3 Å². The highest BCUT2D eigenvalue weighted by Crippen LogP contribution is 2.40. The van der Waals surface area contributed by atoms with Crippen LogP contribution in [0.2, 0.25) is 0 Å². The van der Waals surface area contributed by atoms with E-state index in [9.17, 15) is 4.79 Å². The number of aromatic nitrogens is 1. The number of oxazole rings is 1. The zero-order chi connectivity index (χ0) is 18.1. The molecular formula is C20H20N2O4. The van der Waals surface area contributed by atoms with Gasteiger partial charge in [-0.3, -0.25) is 4.79 Å². The Kier molecular flexibility index (Phi) is 4.24. The Morgan fingerprint density at radius 2 is 2.04 bits per heavy atom. The average molecular weight is 352 g/mol. The number of nitrogens with zero attached hydrogens (tertiary/aromatic N) is 1. The van der Waals surface area contributed by atoms with Gasteiger partial charge in [-0.05, 0) is 37.1 Å². The van der Waals surface area contributed by atoms with Gasteiger partial charge in [0.25, 0.3) is 0 Å². The van der Waals surface area contributed by atoms with E-state index in [-0.39, 0.29) is 12.3 Å². The predicted molar refractivity (Wildman–Crippen MR) is 97.9 cm³/mol. The van der Waals surface area contributed by atoms with Gasteiger partial charge in [0.2, 0.25) is 5.91 Å². The summed E-state index contributed by atoms with van der Waals surface area (Å²) in [4.78, 5) is 16.9. The van der Waals surface area contributed by atoms with E-state index in [1.54, 1.807) is 20.3 Å². The zero-order valence-corrected chi connectivity index (χ0v) is 14.7. The lowest BCUT2D eigenvalue weighted by atomic mass is 10.1. The van der Waals surface area contributed by atoms with Crippen LogP contribution in [0.3, 0.4) is 0 Å². The maximum Gasteiger partial charge on any atom is 0.228 e. The van der Waals surface area contributed by atoms with Crippen molar-refractivity contribution in [3.63, 3.8) is 0 Å². The number of ether oxygens (including phenoxy) is 2. The van der Waals surface area contributed by atoms with Gasteiger partial charge in [0.05, 0.1) is 20.6 Å². The van der Waals surface area contributed by atoms with Gasteiger partial charge >= 0.3 is 0 Å². The third kappa shape index (κ3) is 3.35. The largest absolute Gasteiger partial charge is 0.497 e. The first kappa shape index (κ1) is 16.4. The van der Waals surface area contributed by atoms with Crippen LogP contribution < -0.4 is 14.8 Å². The molecule has 1 aliphatic rings. The first-order valence-electron chi connectivity index (χ1n) is 8.57. The van der Waals surface area contributed by atoms with Crippen LogP contribution in [0.5, 0.6) is 11.5 Å². The van der Waals surface area contributed by atoms with E-state index in [0.717, 1.165) is 35.4 Å². The average Bonchev–Trinajstić information content (AvgIpc) is 3.41. The van der Waals surface area contributed by atoms with Gasteiger partial charge in [-0.25, -0.2) is 4.98 Å². The molecule has 1 aromatic heterocycles. The number of amides is 1. The van der Waals surface area contributed by atoms with Crippen LogP contribution in [0.25, 0.3) is 11.1 Å². The van der Waals surface area contributed by atoms with E-state index in [1.807, 2.05) is 30.3 Å². The summed E-state index contributed by atoms with van der Waals surface area (Å²) in [6.07, 6.45) is 2.48. The monoisotopic (exact) mass is 352 g/mol. The third-order valence-corrected chi connectivity index (χ3v) is 4.46. The molecule has 1 N–H and O–H groups in total. The summed E-state index contributed by atoms with van der Waals surface area (Å²) < 4.78 is 16.3. The maximum absolute atomic E-state index is 12.4. The molecule has 6 heteroatoms. The van der Waals surface area contributed by atoms with Gasteiger partial charge in [-0.2, -0.15) is 0 Å². The molecule has 1 aliphatic carbocycles. The number of benzene rings is 2. The van der Waals surface area contributed by atoms with Crippen LogP contribution in [-0.2, 0) is 11.2 Å². The normalized spacial score (nSPS) is 13.6. The summed E-state index contributed by atoms with van der Waals surface area (Å²) in [6.45, 7) is 0. The van der Waals surface area contributed by atoms with E-state index in [1.165, 1.54) is 0 Å². The Morgan fingerprint density at radius 3 is 2.77 bits per heavy atom. The SMILES string of the molecule is COc1ccc(CC(=O)Nc2ccc3oc(C4CC4)nc3c2)c(OC)c1. The van der Waals surface area contributed by atoms with E-state index in [4.69, 9.17) is 13.9 Å². The summed E-state index contributed by atoms with van der Waals surface area (Å²) in [6, 6.07) is 10.9. The van der Waals surface area contributed by atoms with Crippen LogP contribution in [-0.4, -0.2) is 25.1 Å². The minimum Gasteiger partial charge on any atom is -0.497 e. The number of hydrogen-bond donors (Lipinski definition) is 1. The molecule has 0 spiro atoms. The Balaban J connectivity index is 1.48. The molecule has 1 amide bonds. The Bertz CT molecular complexity index is 960. The van der Waals surface area contributed by atoms with E-state index < -0.39 is 0 Å². The van der Waals surface area contributed by atoms with Crippen LogP contribution in [0.1, 0.15) is 30.2 Å². The molecule has 0 unspecified atom stereocenters. The van der Waals surface area contributed by atoms with Gasteiger partial charge in [0, 0.05) is 23.2 Å². The quantitative estimate of drug-likeness (QED) is 0.728. The van der Waals surface area contributed by atoms with Crippen LogP contribution in [0.4, 0.5) is 5.69 Å². The molecule has 0 radical (unpaired) electrons.